The number of fused-ring (bicyclic) bond motifs is 3. The summed E-state index contributed by atoms with van der Waals surface area (Å²) < 4.78 is 40.3. The van der Waals surface area contributed by atoms with Crippen molar-refractivity contribution in [2.24, 2.45) is 0 Å². The molecule has 0 aliphatic rings. The summed E-state index contributed by atoms with van der Waals surface area (Å²) in [6, 6.07) is 11.6. The summed E-state index contributed by atoms with van der Waals surface area (Å²) in [7, 11) is 0. The molecule has 2 heterocycles. The fraction of sp³-hybridized carbons (Fsp3) is 0.190. The van der Waals surface area contributed by atoms with Gasteiger partial charge in [0.1, 0.15) is 6.54 Å². The zero-order valence-corrected chi connectivity index (χ0v) is 15.7. The van der Waals surface area contributed by atoms with Gasteiger partial charge >= 0.3 is 12.1 Å². The Kier molecular flexibility index (Phi) is 4.60. The Morgan fingerprint density at radius 1 is 1.20 bits per heavy atom. The molecule has 0 fully saturated rings. The lowest BCUT2D eigenvalue weighted by atomic mass is 9.91. The molecular weight excluding hydrogens is 399 g/mol. The molecule has 1 unspecified atom stereocenters. The highest BCUT2D eigenvalue weighted by Crippen LogP contribution is 2.33. The fourth-order valence-corrected chi connectivity index (χ4v) is 3.65. The van der Waals surface area contributed by atoms with Crippen molar-refractivity contribution in [3.8, 4) is 11.1 Å². The van der Waals surface area contributed by atoms with Crippen molar-refractivity contribution in [3.63, 3.8) is 0 Å². The normalized spacial score (nSPS) is 13.1. The van der Waals surface area contributed by atoms with E-state index in [2.05, 4.69) is 10.2 Å². The summed E-state index contributed by atoms with van der Waals surface area (Å²) >= 11 is 0. The lowest BCUT2D eigenvalue weighted by molar-refractivity contribution is -0.140. The second-order valence-corrected chi connectivity index (χ2v) is 7.04. The molecule has 30 heavy (non-hydrogen) atoms. The molecule has 0 aliphatic heterocycles. The second-order valence-electron chi connectivity index (χ2n) is 7.04. The molecule has 0 saturated carbocycles. The van der Waals surface area contributed by atoms with Crippen molar-refractivity contribution in [2.45, 2.75) is 25.6 Å². The molecule has 0 amide bonds. The van der Waals surface area contributed by atoms with E-state index in [1.54, 1.807) is 36.4 Å². The summed E-state index contributed by atoms with van der Waals surface area (Å²) in [5.74, 6) is -1.83. The van der Waals surface area contributed by atoms with Crippen LogP contribution in [0.25, 0.3) is 32.9 Å². The maximum Gasteiger partial charge on any atom is 0.406 e. The van der Waals surface area contributed by atoms with Crippen LogP contribution in [-0.4, -0.2) is 32.0 Å². The molecule has 0 aliphatic carbocycles. The first-order valence-electron chi connectivity index (χ1n) is 9.06. The van der Waals surface area contributed by atoms with Gasteiger partial charge in [-0.2, -0.15) is 18.3 Å². The molecule has 0 radical (unpaired) electrons. The van der Waals surface area contributed by atoms with Gasteiger partial charge in [-0.3, -0.25) is 19.3 Å². The van der Waals surface area contributed by atoms with Gasteiger partial charge in [-0.1, -0.05) is 36.4 Å². The Hall–Kier alpha value is -3.62. The van der Waals surface area contributed by atoms with Crippen LogP contribution in [0.1, 0.15) is 18.4 Å². The number of alkyl halides is 3. The monoisotopic (exact) mass is 415 g/mol. The maximum absolute atomic E-state index is 13.2. The highest BCUT2D eigenvalue weighted by molar-refractivity contribution is 6.04. The van der Waals surface area contributed by atoms with Gasteiger partial charge in [0.25, 0.3) is 5.56 Å². The number of nitrogens with one attached hydrogen (secondary N) is 1. The Balaban J connectivity index is 2.02. The highest BCUT2D eigenvalue weighted by atomic mass is 19.4. The van der Waals surface area contributed by atoms with E-state index in [1.807, 2.05) is 0 Å². The molecule has 2 N–H and O–H groups in total. The van der Waals surface area contributed by atoms with Gasteiger partial charge in [-0.05, 0) is 29.7 Å². The summed E-state index contributed by atoms with van der Waals surface area (Å²) in [6.07, 6.45) is -3.39. The van der Waals surface area contributed by atoms with Gasteiger partial charge in [-0.15, -0.1) is 0 Å². The van der Waals surface area contributed by atoms with E-state index in [0.717, 1.165) is 0 Å². The van der Waals surface area contributed by atoms with Crippen molar-refractivity contribution >= 4 is 27.8 Å². The summed E-state index contributed by atoms with van der Waals surface area (Å²) in [4.78, 5) is 24.2. The van der Waals surface area contributed by atoms with Crippen molar-refractivity contribution in [2.75, 3.05) is 0 Å². The Morgan fingerprint density at radius 2 is 1.93 bits per heavy atom. The number of aromatic nitrogens is 3. The number of carboxylic acid groups (broad SMARTS) is 1. The van der Waals surface area contributed by atoms with Crippen LogP contribution in [0.2, 0.25) is 0 Å². The fourth-order valence-electron chi connectivity index (χ4n) is 3.65. The van der Waals surface area contributed by atoms with Crippen LogP contribution in [-0.2, 0) is 11.3 Å². The topological polar surface area (TPSA) is 88.0 Å². The number of carboxylic acids is 1. The predicted molar refractivity (Wildman–Crippen MR) is 105 cm³/mol. The summed E-state index contributed by atoms with van der Waals surface area (Å²) in [5, 5.41) is 16.4. The van der Waals surface area contributed by atoms with Crippen LogP contribution in [0, 0.1) is 0 Å². The Bertz CT molecular complexity index is 1340. The number of aliphatic carboxylic acids is 1. The van der Waals surface area contributed by atoms with Crippen LogP contribution in [0.3, 0.4) is 0 Å². The number of nitrogens with zero attached hydrogens (tertiary/aromatic N) is 2. The molecule has 154 valence electrons. The minimum Gasteiger partial charge on any atom is -0.481 e. The third kappa shape index (κ3) is 3.32. The van der Waals surface area contributed by atoms with Crippen molar-refractivity contribution in [1.82, 2.24) is 14.8 Å². The molecule has 4 rings (SSSR count). The van der Waals surface area contributed by atoms with Crippen LogP contribution in [0.15, 0.2) is 53.5 Å². The van der Waals surface area contributed by atoms with E-state index in [1.165, 1.54) is 19.2 Å². The first-order chi connectivity index (χ1) is 14.2. The molecule has 2 aromatic heterocycles. The van der Waals surface area contributed by atoms with Gasteiger partial charge in [0, 0.05) is 5.39 Å². The number of aromatic amines is 1. The third-order valence-electron chi connectivity index (χ3n) is 5.12. The van der Waals surface area contributed by atoms with Gasteiger partial charge in [-0.25, -0.2) is 0 Å². The maximum atomic E-state index is 13.2. The first kappa shape index (κ1) is 19.7. The number of hydrogen-bond acceptors (Lipinski definition) is 3. The zero-order valence-electron chi connectivity index (χ0n) is 15.7. The number of pyridine rings is 1. The van der Waals surface area contributed by atoms with Crippen molar-refractivity contribution in [3.05, 3.63) is 64.6 Å². The molecule has 6 nitrogen and oxygen atoms in total. The van der Waals surface area contributed by atoms with Gasteiger partial charge in [0.05, 0.1) is 28.5 Å². The molecule has 9 heteroatoms. The van der Waals surface area contributed by atoms with Crippen LogP contribution in [0.5, 0.6) is 0 Å². The van der Waals surface area contributed by atoms with Crippen LogP contribution >= 0.6 is 0 Å². The Labute approximate surface area is 167 Å². The first-order valence-corrected chi connectivity index (χ1v) is 9.06. The van der Waals surface area contributed by atoms with Crippen molar-refractivity contribution < 1.29 is 23.1 Å². The van der Waals surface area contributed by atoms with Gasteiger partial charge in [0.15, 0.2) is 0 Å². The average Bonchev–Trinajstić information content (AvgIpc) is 3.19. The van der Waals surface area contributed by atoms with E-state index in [-0.39, 0.29) is 10.9 Å². The summed E-state index contributed by atoms with van der Waals surface area (Å²) in [5.41, 5.74) is 1.26. The van der Waals surface area contributed by atoms with Crippen LogP contribution < -0.4 is 5.56 Å². The van der Waals surface area contributed by atoms with E-state index in [9.17, 15) is 27.9 Å². The molecule has 1 atom stereocenters. The number of hydrogen-bond donors (Lipinski definition) is 2. The van der Waals surface area contributed by atoms with E-state index >= 15 is 0 Å². The molecule has 0 saturated heterocycles. The quantitative estimate of drug-likeness (QED) is 0.520. The standard InChI is InChI=1S/C21H16F3N3O3/c1-11(20(29)30)13-4-2-3-5-14(13)12-6-7-15-17(8-12)27(10-21(22,23)24)19(28)16-9-25-26-18(15)16/h2-9,11H,10H2,1H3,(H,25,26)(H,29,30). The summed E-state index contributed by atoms with van der Waals surface area (Å²) in [6.45, 7) is 0.0933. The number of benzene rings is 2. The molecular formula is C21H16F3N3O3. The van der Waals surface area contributed by atoms with E-state index in [4.69, 9.17) is 0 Å². The van der Waals surface area contributed by atoms with Crippen molar-refractivity contribution in [1.29, 1.82) is 0 Å². The number of rotatable bonds is 4. The average molecular weight is 415 g/mol. The highest BCUT2D eigenvalue weighted by Gasteiger charge is 2.30. The largest absolute Gasteiger partial charge is 0.481 e. The third-order valence-corrected chi connectivity index (χ3v) is 5.12. The number of halogens is 3. The Morgan fingerprint density at radius 3 is 2.63 bits per heavy atom. The van der Waals surface area contributed by atoms with Gasteiger partial charge in [0.2, 0.25) is 0 Å². The van der Waals surface area contributed by atoms with E-state index < -0.39 is 30.2 Å². The number of H-pyrrole nitrogens is 1. The lowest BCUT2D eigenvalue weighted by Gasteiger charge is -2.16. The number of carbonyl (C=O) groups is 1. The molecule has 0 bridgehead atoms. The minimum atomic E-state index is -4.60. The predicted octanol–water partition coefficient (Wildman–Crippen LogP) is 4.30. The smallest absolute Gasteiger partial charge is 0.406 e. The zero-order chi connectivity index (χ0) is 21.6. The second kappa shape index (κ2) is 7.01. The van der Waals surface area contributed by atoms with Crippen LogP contribution in [0.4, 0.5) is 13.2 Å². The molecule has 4 aromatic rings. The SMILES string of the molecule is CC(C(=O)O)c1ccccc1-c1ccc2c3[nH]ncc3c(=O)n(CC(F)(F)F)c2c1. The molecule has 0 spiro atoms. The lowest BCUT2D eigenvalue weighted by Crippen LogP contribution is -2.28. The minimum absolute atomic E-state index is 0.0689. The van der Waals surface area contributed by atoms with E-state index in [0.29, 0.717) is 32.2 Å². The molecule has 2 aromatic carbocycles. The van der Waals surface area contributed by atoms with Gasteiger partial charge < -0.3 is 5.11 Å².